The van der Waals surface area contributed by atoms with Crippen LogP contribution in [0.2, 0.25) is 0 Å². The third-order valence-corrected chi connectivity index (χ3v) is 14.4. The molecule has 8 nitrogen and oxygen atoms in total. The van der Waals surface area contributed by atoms with Gasteiger partial charge in [-0.2, -0.15) is 0 Å². The summed E-state index contributed by atoms with van der Waals surface area (Å²) in [7, 11) is 0. The van der Waals surface area contributed by atoms with Crippen LogP contribution in [0.1, 0.15) is 142 Å². The average Bonchev–Trinajstić information content (AvgIpc) is 3.74. The molecule has 46 heavy (non-hydrogen) atoms. The van der Waals surface area contributed by atoms with Gasteiger partial charge in [0, 0.05) is 36.0 Å². The van der Waals surface area contributed by atoms with Crippen molar-refractivity contribution in [2.45, 2.75) is 166 Å². The lowest BCUT2D eigenvalue weighted by atomic mass is 9.54. The van der Waals surface area contributed by atoms with E-state index in [0.717, 1.165) is 114 Å². The first kappa shape index (κ1) is 30.9. The normalized spacial score (nSPS) is 40.3. The van der Waals surface area contributed by atoms with Crippen LogP contribution in [0.15, 0.2) is 11.1 Å². The van der Waals surface area contributed by atoms with Gasteiger partial charge in [0.25, 0.3) is 0 Å². The van der Waals surface area contributed by atoms with Crippen LogP contribution in [-0.4, -0.2) is 47.8 Å². The molecule has 9 aliphatic carbocycles. The first-order chi connectivity index (χ1) is 22.3. The van der Waals surface area contributed by atoms with Crippen LogP contribution >= 0.6 is 0 Å². The standard InChI is InChI=1S/C38H56N4O4/c1-23(2)28-29-35(31(43)39-24-15-7-3-8-16-24)36(29,32(44)40-25-17-9-4-10-18-25)38(34(46)42-27-21-13-6-14-22-27)30(28)37(35,38)33(45)41-26-19-11-5-12-20-26/h24-27,29-30H,3-22H2,1-2H3,(H,39,43)(H,40,44)(H,41,45)(H,42,46). The van der Waals surface area contributed by atoms with Crippen molar-refractivity contribution in [2.24, 2.45) is 33.5 Å². The Labute approximate surface area is 274 Å². The molecule has 0 unspecified atom stereocenters. The minimum atomic E-state index is -1.20. The van der Waals surface area contributed by atoms with Crippen LogP contribution in [0.4, 0.5) is 0 Å². The second kappa shape index (κ2) is 11.1. The molecular formula is C38H56N4O4. The number of carbonyl (C=O) groups excluding carboxylic acids is 4. The highest BCUT2D eigenvalue weighted by molar-refractivity contribution is 6.25. The van der Waals surface area contributed by atoms with Crippen molar-refractivity contribution in [1.29, 1.82) is 0 Å². The Kier molecular flexibility index (Phi) is 7.45. The van der Waals surface area contributed by atoms with Gasteiger partial charge < -0.3 is 21.3 Å². The van der Waals surface area contributed by atoms with Gasteiger partial charge in [0.1, 0.15) is 0 Å². The first-order valence-corrected chi connectivity index (χ1v) is 19.2. The van der Waals surface area contributed by atoms with Crippen molar-refractivity contribution in [3.05, 3.63) is 11.1 Å². The highest BCUT2D eigenvalue weighted by atomic mass is 16.2. The van der Waals surface area contributed by atoms with Crippen molar-refractivity contribution in [1.82, 2.24) is 21.3 Å². The minimum Gasteiger partial charge on any atom is -0.353 e. The zero-order valence-electron chi connectivity index (χ0n) is 28.2. The number of nitrogens with one attached hydrogen (secondary N) is 4. The van der Waals surface area contributed by atoms with Crippen LogP contribution < -0.4 is 21.3 Å². The lowest BCUT2D eigenvalue weighted by Gasteiger charge is -2.47. The highest BCUT2D eigenvalue weighted by Gasteiger charge is 3.26. The Hall–Kier alpha value is -2.38. The second-order valence-corrected chi connectivity index (χ2v) is 16.8. The van der Waals surface area contributed by atoms with E-state index in [1.54, 1.807) is 0 Å². The van der Waals surface area contributed by atoms with Gasteiger partial charge in [-0.1, -0.05) is 88.2 Å². The maximum absolute atomic E-state index is 15.0. The van der Waals surface area contributed by atoms with Crippen LogP contribution in [-0.2, 0) is 19.2 Å². The van der Waals surface area contributed by atoms with Crippen LogP contribution in [0.3, 0.4) is 0 Å². The topological polar surface area (TPSA) is 116 Å². The number of carbonyl (C=O) groups is 4. The van der Waals surface area contributed by atoms with E-state index in [0.29, 0.717) is 0 Å². The predicted octanol–water partition coefficient (Wildman–Crippen LogP) is 5.35. The molecule has 9 fully saturated rings. The van der Waals surface area contributed by atoms with Crippen LogP contribution in [0.25, 0.3) is 0 Å². The van der Waals surface area contributed by atoms with Gasteiger partial charge in [0.05, 0.1) is 21.7 Å². The molecule has 0 aromatic rings. The summed E-state index contributed by atoms with van der Waals surface area (Å²) in [5.41, 5.74) is -2.68. The van der Waals surface area contributed by atoms with Gasteiger partial charge in [-0.05, 0) is 65.2 Å². The Balaban J connectivity index is 1.24. The molecule has 0 aromatic heterocycles. The van der Waals surface area contributed by atoms with Crippen molar-refractivity contribution in [2.75, 3.05) is 0 Å². The van der Waals surface area contributed by atoms with E-state index in [1.165, 1.54) is 25.7 Å². The van der Waals surface area contributed by atoms with Gasteiger partial charge in [0.2, 0.25) is 23.6 Å². The number of amides is 4. The van der Waals surface area contributed by atoms with Gasteiger partial charge in [-0.15, -0.1) is 0 Å². The zero-order valence-corrected chi connectivity index (χ0v) is 28.2. The van der Waals surface area contributed by atoms with Crippen molar-refractivity contribution < 1.29 is 19.2 Å². The summed E-state index contributed by atoms with van der Waals surface area (Å²) in [6.07, 6.45) is 20.8. The zero-order chi connectivity index (χ0) is 31.9. The number of hydrogen-bond donors (Lipinski definition) is 4. The first-order valence-electron chi connectivity index (χ1n) is 19.2. The molecule has 4 N–H and O–H groups in total. The summed E-state index contributed by atoms with van der Waals surface area (Å²) in [5, 5.41) is 13.7. The summed E-state index contributed by atoms with van der Waals surface area (Å²) < 4.78 is 0. The summed E-state index contributed by atoms with van der Waals surface area (Å²) >= 11 is 0. The minimum absolute atomic E-state index is 0.0611. The van der Waals surface area contributed by atoms with E-state index in [1.807, 2.05) is 0 Å². The summed E-state index contributed by atoms with van der Waals surface area (Å²) in [5.74, 6) is -1.33. The molecule has 0 radical (unpaired) electrons. The van der Waals surface area contributed by atoms with Crippen molar-refractivity contribution in [3.63, 3.8) is 0 Å². The SMILES string of the molecule is CC(C)=C1C2C3(C(=O)NC4CCCCC4)C2(C(=O)NC2CCCCC2)C2(C(=O)NC4CCCCC4)C1C32C(=O)NC1CCCCC1. The van der Waals surface area contributed by atoms with E-state index >= 15 is 19.2 Å². The summed E-state index contributed by atoms with van der Waals surface area (Å²) in [6, 6.07) is 0.244. The molecule has 0 atom stereocenters. The fourth-order valence-electron chi connectivity index (χ4n) is 12.9. The molecule has 2 bridgehead atoms. The summed E-state index contributed by atoms with van der Waals surface area (Å²) in [4.78, 5) is 60.1. The van der Waals surface area contributed by atoms with Crippen LogP contribution in [0.5, 0.6) is 0 Å². The monoisotopic (exact) mass is 632 g/mol. The molecule has 9 rings (SSSR count). The van der Waals surface area contributed by atoms with E-state index < -0.39 is 33.5 Å². The van der Waals surface area contributed by atoms with E-state index in [9.17, 15) is 0 Å². The Morgan fingerprint density at radius 2 is 0.630 bits per heavy atom. The molecule has 0 aromatic carbocycles. The molecule has 0 heterocycles. The molecule has 252 valence electrons. The largest absolute Gasteiger partial charge is 0.353 e. The van der Waals surface area contributed by atoms with E-state index in [4.69, 9.17) is 0 Å². The number of rotatable bonds is 8. The third kappa shape index (κ3) is 3.63. The smallest absolute Gasteiger partial charge is 0.229 e. The third-order valence-electron chi connectivity index (χ3n) is 14.4. The lowest BCUT2D eigenvalue weighted by molar-refractivity contribution is -0.169. The average molecular weight is 633 g/mol. The maximum Gasteiger partial charge on any atom is 0.229 e. The fraction of sp³-hybridized carbons (Fsp3) is 0.842. The molecule has 9 saturated carbocycles. The van der Waals surface area contributed by atoms with Gasteiger partial charge in [-0.3, -0.25) is 19.2 Å². The molecular weight excluding hydrogens is 576 g/mol. The Bertz CT molecular complexity index is 1130. The molecule has 0 spiro atoms. The molecule has 4 amide bonds. The maximum atomic E-state index is 15.0. The van der Waals surface area contributed by atoms with Gasteiger partial charge in [-0.25, -0.2) is 0 Å². The Morgan fingerprint density at radius 1 is 0.413 bits per heavy atom. The highest BCUT2D eigenvalue weighted by Crippen LogP contribution is 3.16. The molecule has 0 aliphatic heterocycles. The van der Waals surface area contributed by atoms with Crippen LogP contribution in [0, 0.1) is 33.5 Å². The van der Waals surface area contributed by atoms with E-state index in [2.05, 4.69) is 35.1 Å². The predicted molar refractivity (Wildman–Crippen MR) is 175 cm³/mol. The fourth-order valence-corrected chi connectivity index (χ4v) is 12.9. The number of hydrogen-bond acceptors (Lipinski definition) is 4. The molecule has 0 saturated heterocycles. The summed E-state index contributed by atoms with van der Waals surface area (Å²) in [6.45, 7) is 4.12. The van der Waals surface area contributed by atoms with Gasteiger partial charge >= 0.3 is 0 Å². The second-order valence-electron chi connectivity index (χ2n) is 16.8. The van der Waals surface area contributed by atoms with Crippen molar-refractivity contribution >= 4 is 23.6 Å². The molecule has 9 aliphatic rings. The van der Waals surface area contributed by atoms with Crippen molar-refractivity contribution in [3.8, 4) is 0 Å². The van der Waals surface area contributed by atoms with E-state index in [-0.39, 0.29) is 47.8 Å². The Morgan fingerprint density at radius 3 is 0.826 bits per heavy atom. The lowest BCUT2D eigenvalue weighted by Crippen LogP contribution is -2.68. The molecule has 8 heteroatoms. The quantitative estimate of drug-likeness (QED) is 0.270. The number of allylic oxidation sites excluding steroid dienone is 2. The van der Waals surface area contributed by atoms with Gasteiger partial charge in [0.15, 0.2) is 0 Å².